The second-order valence-corrected chi connectivity index (χ2v) is 7.00. The molecule has 7 heteroatoms. The highest BCUT2D eigenvalue weighted by Crippen LogP contribution is 2.17. The highest BCUT2D eigenvalue weighted by molar-refractivity contribution is 9.10. The number of carbonyl (C=O) groups is 1. The Morgan fingerprint density at radius 3 is 2.48 bits per heavy atom. The lowest BCUT2D eigenvalue weighted by molar-refractivity contribution is 0.102. The van der Waals surface area contributed by atoms with Crippen molar-refractivity contribution < 1.29 is 13.2 Å². The number of anilines is 1. The van der Waals surface area contributed by atoms with Gasteiger partial charge in [-0.3, -0.25) is 4.79 Å². The van der Waals surface area contributed by atoms with E-state index in [1.165, 1.54) is 19.2 Å². The maximum Gasteiger partial charge on any atom is 0.255 e. The van der Waals surface area contributed by atoms with Crippen molar-refractivity contribution in [3.63, 3.8) is 0 Å². The third kappa shape index (κ3) is 3.90. The Bertz CT molecular complexity index is 775. The Balaban J connectivity index is 2.24. The van der Waals surface area contributed by atoms with Crippen LogP contribution in [0.1, 0.15) is 10.4 Å². The first-order chi connectivity index (χ1) is 9.92. The molecular formula is C14H13BrN2O3S. The Morgan fingerprint density at radius 1 is 1.10 bits per heavy atom. The maximum absolute atomic E-state index is 12.1. The van der Waals surface area contributed by atoms with Crippen LogP contribution in [0.5, 0.6) is 0 Å². The predicted molar refractivity (Wildman–Crippen MR) is 84.8 cm³/mol. The topological polar surface area (TPSA) is 75.3 Å². The fourth-order valence-corrected chi connectivity index (χ4v) is 2.87. The Hall–Kier alpha value is -1.70. The van der Waals surface area contributed by atoms with Crippen LogP contribution < -0.4 is 10.0 Å². The van der Waals surface area contributed by atoms with Gasteiger partial charge in [-0.05, 0) is 43.4 Å². The molecule has 2 N–H and O–H groups in total. The quantitative estimate of drug-likeness (QED) is 0.870. The zero-order valence-corrected chi connectivity index (χ0v) is 13.5. The molecule has 0 bridgehead atoms. The van der Waals surface area contributed by atoms with Crippen molar-refractivity contribution in [1.82, 2.24) is 4.72 Å². The molecule has 0 spiro atoms. The second-order valence-electron chi connectivity index (χ2n) is 4.20. The molecule has 0 aliphatic carbocycles. The monoisotopic (exact) mass is 368 g/mol. The van der Waals surface area contributed by atoms with Gasteiger partial charge in [0.25, 0.3) is 5.91 Å². The Labute approximate surface area is 131 Å². The molecule has 0 aromatic heterocycles. The number of carbonyl (C=O) groups excluding carboxylic acids is 1. The number of halogens is 1. The van der Waals surface area contributed by atoms with Gasteiger partial charge in [0, 0.05) is 15.7 Å². The first-order valence-electron chi connectivity index (χ1n) is 6.03. The largest absolute Gasteiger partial charge is 0.322 e. The molecule has 0 fully saturated rings. The summed E-state index contributed by atoms with van der Waals surface area (Å²) in [7, 11) is -2.20. The lowest BCUT2D eigenvalue weighted by Crippen LogP contribution is -2.19. The fourth-order valence-electron chi connectivity index (χ4n) is 1.69. The van der Waals surface area contributed by atoms with E-state index in [1.807, 2.05) is 6.07 Å². The van der Waals surface area contributed by atoms with Crippen LogP contribution in [-0.4, -0.2) is 21.4 Å². The molecule has 5 nitrogen and oxygen atoms in total. The van der Waals surface area contributed by atoms with Crippen LogP contribution in [0.3, 0.4) is 0 Å². The highest BCUT2D eigenvalue weighted by Gasteiger charge is 2.13. The number of hydrogen-bond donors (Lipinski definition) is 2. The van der Waals surface area contributed by atoms with Gasteiger partial charge >= 0.3 is 0 Å². The Morgan fingerprint density at radius 2 is 1.81 bits per heavy atom. The minimum Gasteiger partial charge on any atom is -0.322 e. The van der Waals surface area contributed by atoms with Crippen LogP contribution in [0.2, 0.25) is 0 Å². The lowest BCUT2D eigenvalue weighted by Gasteiger charge is -2.08. The number of hydrogen-bond acceptors (Lipinski definition) is 3. The number of nitrogens with one attached hydrogen (secondary N) is 2. The standard InChI is InChI=1S/C14H13BrN2O3S/c1-16-21(19,20)13-7-3-6-12(9-13)17-14(18)10-4-2-5-11(15)8-10/h2-9,16H,1H3,(H,17,18). The van der Waals surface area contributed by atoms with Crippen LogP contribution in [0.4, 0.5) is 5.69 Å². The molecule has 0 atom stereocenters. The molecule has 0 heterocycles. The van der Waals surface area contributed by atoms with E-state index in [4.69, 9.17) is 0 Å². The summed E-state index contributed by atoms with van der Waals surface area (Å²) >= 11 is 3.30. The van der Waals surface area contributed by atoms with Crippen LogP contribution in [-0.2, 0) is 10.0 Å². The third-order valence-corrected chi connectivity index (χ3v) is 4.66. The summed E-state index contributed by atoms with van der Waals surface area (Å²) in [5, 5.41) is 2.67. The van der Waals surface area contributed by atoms with E-state index in [1.54, 1.807) is 30.3 Å². The van der Waals surface area contributed by atoms with E-state index in [-0.39, 0.29) is 10.8 Å². The van der Waals surface area contributed by atoms with Crippen molar-refractivity contribution in [3.05, 3.63) is 58.6 Å². The van der Waals surface area contributed by atoms with Crippen LogP contribution in [0.15, 0.2) is 57.9 Å². The van der Waals surface area contributed by atoms with Gasteiger partial charge in [-0.2, -0.15) is 0 Å². The second kappa shape index (κ2) is 6.38. The minimum atomic E-state index is -3.54. The normalized spacial score (nSPS) is 11.1. The van der Waals surface area contributed by atoms with E-state index in [0.29, 0.717) is 11.3 Å². The summed E-state index contributed by atoms with van der Waals surface area (Å²) in [5.41, 5.74) is 0.891. The molecule has 0 aliphatic heterocycles. The molecule has 0 radical (unpaired) electrons. The summed E-state index contributed by atoms with van der Waals surface area (Å²) < 4.78 is 26.5. The van der Waals surface area contributed by atoms with Crippen molar-refractivity contribution in [2.75, 3.05) is 12.4 Å². The molecule has 0 saturated heterocycles. The lowest BCUT2D eigenvalue weighted by atomic mass is 10.2. The zero-order chi connectivity index (χ0) is 15.5. The van der Waals surface area contributed by atoms with Gasteiger partial charge < -0.3 is 5.32 Å². The van der Waals surface area contributed by atoms with E-state index in [9.17, 15) is 13.2 Å². The summed E-state index contributed by atoms with van der Waals surface area (Å²) in [5.74, 6) is -0.310. The number of sulfonamides is 1. The number of amides is 1. The van der Waals surface area contributed by atoms with E-state index in [2.05, 4.69) is 26.0 Å². The Kier molecular flexibility index (Phi) is 4.76. The van der Waals surface area contributed by atoms with Crippen molar-refractivity contribution >= 4 is 37.5 Å². The van der Waals surface area contributed by atoms with Gasteiger partial charge in [-0.15, -0.1) is 0 Å². The first-order valence-corrected chi connectivity index (χ1v) is 8.30. The van der Waals surface area contributed by atoms with Gasteiger partial charge in [0.15, 0.2) is 0 Å². The number of benzene rings is 2. The van der Waals surface area contributed by atoms with Gasteiger partial charge in [0.05, 0.1) is 4.90 Å². The predicted octanol–water partition coefficient (Wildman–Crippen LogP) is 2.61. The molecule has 2 aromatic rings. The smallest absolute Gasteiger partial charge is 0.255 e. The summed E-state index contributed by atoms with van der Waals surface area (Å²) in [6.45, 7) is 0. The molecule has 1 amide bonds. The zero-order valence-electron chi connectivity index (χ0n) is 11.1. The van der Waals surface area contributed by atoms with Gasteiger partial charge in [0.2, 0.25) is 10.0 Å². The van der Waals surface area contributed by atoms with E-state index < -0.39 is 10.0 Å². The summed E-state index contributed by atoms with van der Waals surface area (Å²) in [6, 6.07) is 13.0. The SMILES string of the molecule is CNS(=O)(=O)c1cccc(NC(=O)c2cccc(Br)c2)c1. The highest BCUT2D eigenvalue weighted by atomic mass is 79.9. The summed E-state index contributed by atoms with van der Waals surface area (Å²) in [6.07, 6.45) is 0. The first kappa shape index (κ1) is 15.7. The average molecular weight is 369 g/mol. The molecule has 0 unspecified atom stereocenters. The van der Waals surface area contributed by atoms with Gasteiger partial charge in [0.1, 0.15) is 0 Å². The number of rotatable bonds is 4. The van der Waals surface area contributed by atoms with Crippen LogP contribution >= 0.6 is 15.9 Å². The molecule has 110 valence electrons. The van der Waals surface area contributed by atoms with Gasteiger partial charge in [-0.1, -0.05) is 28.1 Å². The van der Waals surface area contributed by atoms with Crippen molar-refractivity contribution in [3.8, 4) is 0 Å². The van der Waals surface area contributed by atoms with Crippen molar-refractivity contribution in [2.45, 2.75) is 4.90 Å². The van der Waals surface area contributed by atoms with Gasteiger partial charge in [-0.25, -0.2) is 13.1 Å². The minimum absolute atomic E-state index is 0.0945. The summed E-state index contributed by atoms with van der Waals surface area (Å²) in [4.78, 5) is 12.2. The molecule has 2 rings (SSSR count). The average Bonchev–Trinajstić information content (AvgIpc) is 2.47. The maximum atomic E-state index is 12.1. The van der Waals surface area contributed by atoms with E-state index >= 15 is 0 Å². The third-order valence-electron chi connectivity index (χ3n) is 2.76. The molecule has 0 saturated carbocycles. The molecule has 0 aliphatic rings. The molecule has 2 aromatic carbocycles. The van der Waals surface area contributed by atoms with Crippen molar-refractivity contribution in [2.24, 2.45) is 0 Å². The van der Waals surface area contributed by atoms with Crippen LogP contribution in [0.25, 0.3) is 0 Å². The molecular weight excluding hydrogens is 356 g/mol. The van der Waals surface area contributed by atoms with Crippen LogP contribution in [0, 0.1) is 0 Å². The van der Waals surface area contributed by atoms with E-state index in [0.717, 1.165) is 4.47 Å². The molecule has 21 heavy (non-hydrogen) atoms. The fraction of sp³-hybridized carbons (Fsp3) is 0.0714. The van der Waals surface area contributed by atoms with Crippen molar-refractivity contribution in [1.29, 1.82) is 0 Å².